The minimum atomic E-state index is -0.104. The molecule has 88 valence electrons. The Labute approximate surface area is 99.8 Å². The summed E-state index contributed by atoms with van der Waals surface area (Å²) in [7, 11) is 0. The SMILES string of the molecule is CC(N)CNC(=O)c1ccc2ncccc2c1. The van der Waals surface area contributed by atoms with Crippen LogP contribution in [0.1, 0.15) is 17.3 Å². The van der Waals surface area contributed by atoms with Crippen molar-refractivity contribution in [2.45, 2.75) is 13.0 Å². The van der Waals surface area contributed by atoms with Gasteiger partial charge in [0.2, 0.25) is 0 Å². The molecule has 0 aliphatic heterocycles. The highest BCUT2D eigenvalue weighted by molar-refractivity contribution is 5.97. The topological polar surface area (TPSA) is 68.0 Å². The van der Waals surface area contributed by atoms with Crippen molar-refractivity contribution in [3.8, 4) is 0 Å². The van der Waals surface area contributed by atoms with Crippen LogP contribution in [-0.4, -0.2) is 23.5 Å². The first-order chi connectivity index (χ1) is 8.16. The van der Waals surface area contributed by atoms with E-state index in [1.54, 1.807) is 12.3 Å². The molecule has 1 unspecified atom stereocenters. The fraction of sp³-hybridized carbons (Fsp3) is 0.231. The number of carbonyl (C=O) groups is 1. The van der Waals surface area contributed by atoms with Crippen molar-refractivity contribution in [2.24, 2.45) is 5.73 Å². The van der Waals surface area contributed by atoms with Crippen molar-refractivity contribution in [3.63, 3.8) is 0 Å². The Bertz CT molecular complexity index is 537. The van der Waals surface area contributed by atoms with E-state index in [4.69, 9.17) is 5.73 Å². The standard InChI is InChI=1S/C13H15N3O/c1-9(14)8-16-13(17)11-4-5-12-10(7-11)3-2-6-15-12/h2-7,9H,8,14H2,1H3,(H,16,17). The lowest BCUT2D eigenvalue weighted by atomic mass is 10.1. The predicted octanol–water partition coefficient (Wildman–Crippen LogP) is 1.31. The van der Waals surface area contributed by atoms with E-state index in [0.29, 0.717) is 12.1 Å². The van der Waals surface area contributed by atoms with Crippen LogP contribution in [0, 0.1) is 0 Å². The quantitative estimate of drug-likeness (QED) is 0.833. The van der Waals surface area contributed by atoms with Gasteiger partial charge in [0.1, 0.15) is 0 Å². The fourth-order valence-corrected chi connectivity index (χ4v) is 1.57. The number of fused-ring (bicyclic) bond motifs is 1. The molecule has 0 saturated heterocycles. The third-order valence-corrected chi connectivity index (χ3v) is 2.45. The number of carbonyl (C=O) groups excluding carboxylic acids is 1. The predicted molar refractivity (Wildman–Crippen MR) is 67.7 cm³/mol. The molecule has 4 nitrogen and oxygen atoms in total. The second kappa shape index (κ2) is 4.93. The summed E-state index contributed by atoms with van der Waals surface area (Å²) in [5.41, 5.74) is 7.10. The van der Waals surface area contributed by atoms with E-state index in [9.17, 15) is 4.79 Å². The summed E-state index contributed by atoms with van der Waals surface area (Å²) in [5.74, 6) is -0.104. The summed E-state index contributed by atoms with van der Waals surface area (Å²) in [6.07, 6.45) is 1.73. The summed E-state index contributed by atoms with van der Waals surface area (Å²) in [6.45, 7) is 2.33. The minimum Gasteiger partial charge on any atom is -0.350 e. The lowest BCUT2D eigenvalue weighted by Crippen LogP contribution is -2.35. The highest BCUT2D eigenvalue weighted by Gasteiger charge is 2.06. The maximum absolute atomic E-state index is 11.8. The van der Waals surface area contributed by atoms with Crippen LogP contribution in [0.5, 0.6) is 0 Å². The van der Waals surface area contributed by atoms with Gasteiger partial charge in [-0.05, 0) is 31.2 Å². The summed E-state index contributed by atoms with van der Waals surface area (Å²) >= 11 is 0. The molecule has 0 aliphatic carbocycles. The van der Waals surface area contributed by atoms with Crippen LogP contribution in [0.25, 0.3) is 10.9 Å². The maximum atomic E-state index is 11.8. The lowest BCUT2D eigenvalue weighted by Gasteiger charge is -2.08. The second-order valence-electron chi connectivity index (χ2n) is 4.10. The van der Waals surface area contributed by atoms with E-state index >= 15 is 0 Å². The van der Waals surface area contributed by atoms with Crippen LogP contribution in [0.3, 0.4) is 0 Å². The van der Waals surface area contributed by atoms with E-state index in [1.165, 1.54) is 0 Å². The zero-order chi connectivity index (χ0) is 12.3. The van der Waals surface area contributed by atoms with Gasteiger partial charge < -0.3 is 11.1 Å². The van der Waals surface area contributed by atoms with Gasteiger partial charge in [-0.3, -0.25) is 9.78 Å². The average Bonchev–Trinajstić information content (AvgIpc) is 2.35. The van der Waals surface area contributed by atoms with Gasteiger partial charge in [0.05, 0.1) is 5.52 Å². The molecule has 3 N–H and O–H groups in total. The van der Waals surface area contributed by atoms with Crippen molar-refractivity contribution in [1.29, 1.82) is 0 Å². The number of benzene rings is 1. The number of nitrogens with zero attached hydrogens (tertiary/aromatic N) is 1. The van der Waals surface area contributed by atoms with Gasteiger partial charge in [-0.15, -0.1) is 0 Å². The number of amides is 1. The molecule has 0 fully saturated rings. The van der Waals surface area contributed by atoms with Crippen molar-refractivity contribution >= 4 is 16.8 Å². The summed E-state index contributed by atoms with van der Waals surface area (Å²) in [6, 6.07) is 9.19. The zero-order valence-electron chi connectivity index (χ0n) is 9.68. The first-order valence-electron chi connectivity index (χ1n) is 5.55. The Morgan fingerprint density at radius 2 is 2.29 bits per heavy atom. The third-order valence-electron chi connectivity index (χ3n) is 2.45. The van der Waals surface area contributed by atoms with Gasteiger partial charge in [0.15, 0.2) is 0 Å². The second-order valence-corrected chi connectivity index (χ2v) is 4.10. The van der Waals surface area contributed by atoms with E-state index in [-0.39, 0.29) is 11.9 Å². The minimum absolute atomic E-state index is 0.0407. The summed E-state index contributed by atoms with van der Waals surface area (Å²) < 4.78 is 0. The molecule has 0 spiro atoms. The Morgan fingerprint density at radius 3 is 3.06 bits per heavy atom. The monoisotopic (exact) mass is 229 g/mol. The molecule has 4 heteroatoms. The van der Waals surface area contributed by atoms with Gasteiger partial charge in [-0.2, -0.15) is 0 Å². The molecule has 0 aliphatic rings. The Morgan fingerprint density at radius 1 is 1.47 bits per heavy atom. The van der Waals surface area contributed by atoms with Crippen LogP contribution in [-0.2, 0) is 0 Å². The molecule has 1 aromatic carbocycles. The van der Waals surface area contributed by atoms with Crippen molar-refractivity contribution in [1.82, 2.24) is 10.3 Å². The van der Waals surface area contributed by atoms with Crippen LogP contribution >= 0.6 is 0 Å². The van der Waals surface area contributed by atoms with Crippen molar-refractivity contribution < 1.29 is 4.79 Å². The van der Waals surface area contributed by atoms with E-state index < -0.39 is 0 Å². The lowest BCUT2D eigenvalue weighted by molar-refractivity contribution is 0.0952. The number of aromatic nitrogens is 1. The van der Waals surface area contributed by atoms with Crippen LogP contribution in [0.2, 0.25) is 0 Å². The Kier molecular flexibility index (Phi) is 3.35. The molecule has 1 aromatic heterocycles. The first kappa shape index (κ1) is 11.5. The number of pyridine rings is 1. The Balaban J connectivity index is 2.21. The molecule has 1 amide bonds. The van der Waals surface area contributed by atoms with Crippen LogP contribution in [0.15, 0.2) is 36.5 Å². The molecule has 0 radical (unpaired) electrons. The molecule has 0 saturated carbocycles. The summed E-state index contributed by atoms with van der Waals surface area (Å²) in [4.78, 5) is 16.0. The highest BCUT2D eigenvalue weighted by atomic mass is 16.1. The smallest absolute Gasteiger partial charge is 0.251 e. The number of hydrogen-bond donors (Lipinski definition) is 2. The molecular weight excluding hydrogens is 214 g/mol. The molecular formula is C13H15N3O. The molecule has 1 atom stereocenters. The molecule has 2 aromatic rings. The van der Waals surface area contributed by atoms with E-state index in [2.05, 4.69) is 10.3 Å². The number of rotatable bonds is 3. The maximum Gasteiger partial charge on any atom is 0.251 e. The van der Waals surface area contributed by atoms with Gasteiger partial charge in [-0.1, -0.05) is 6.07 Å². The Hall–Kier alpha value is -1.94. The fourth-order valence-electron chi connectivity index (χ4n) is 1.57. The van der Waals surface area contributed by atoms with Gasteiger partial charge in [0, 0.05) is 29.7 Å². The van der Waals surface area contributed by atoms with Crippen molar-refractivity contribution in [3.05, 3.63) is 42.1 Å². The molecule has 1 heterocycles. The highest BCUT2D eigenvalue weighted by Crippen LogP contribution is 2.13. The van der Waals surface area contributed by atoms with E-state index in [0.717, 1.165) is 10.9 Å². The van der Waals surface area contributed by atoms with Crippen molar-refractivity contribution in [2.75, 3.05) is 6.54 Å². The third kappa shape index (κ3) is 2.79. The number of nitrogens with one attached hydrogen (secondary N) is 1. The van der Waals surface area contributed by atoms with Crippen LogP contribution in [0.4, 0.5) is 0 Å². The number of nitrogens with two attached hydrogens (primary N) is 1. The number of hydrogen-bond acceptors (Lipinski definition) is 3. The van der Waals surface area contributed by atoms with E-state index in [1.807, 2.05) is 31.2 Å². The summed E-state index contributed by atoms with van der Waals surface area (Å²) in [5, 5.41) is 3.74. The normalized spacial score (nSPS) is 12.4. The van der Waals surface area contributed by atoms with Gasteiger partial charge in [-0.25, -0.2) is 0 Å². The molecule has 17 heavy (non-hydrogen) atoms. The zero-order valence-corrected chi connectivity index (χ0v) is 9.68. The largest absolute Gasteiger partial charge is 0.350 e. The molecule has 0 bridgehead atoms. The van der Waals surface area contributed by atoms with Gasteiger partial charge >= 0.3 is 0 Å². The van der Waals surface area contributed by atoms with Gasteiger partial charge in [0.25, 0.3) is 5.91 Å². The first-order valence-corrected chi connectivity index (χ1v) is 5.55. The average molecular weight is 229 g/mol. The molecule has 2 rings (SSSR count). The van der Waals surface area contributed by atoms with Crippen LogP contribution < -0.4 is 11.1 Å².